The molecule has 22 heavy (non-hydrogen) atoms. The Morgan fingerprint density at radius 2 is 1.91 bits per heavy atom. The minimum absolute atomic E-state index is 0. The van der Waals surface area contributed by atoms with Crippen molar-refractivity contribution in [1.82, 2.24) is 10.2 Å². The molecule has 0 bridgehead atoms. The van der Waals surface area contributed by atoms with Gasteiger partial charge in [0.1, 0.15) is 0 Å². The minimum atomic E-state index is -0.167. The molecule has 0 aromatic heterocycles. The summed E-state index contributed by atoms with van der Waals surface area (Å²) in [6, 6.07) is 7.13. The molecule has 2 amide bonds. The largest absolute Gasteiger partial charge is 0.399 e. The first kappa shape index (κ1) is 20.2. The summed E-state index contributed by atoms with van der Waals surface area (Å²) < 4.78 is 4.89. The number of anilines is 1. The molecule has 0 atom stereocenters. The van der Waals surface area contributed by atoms with Crippen LogP contribution in [0.25, 0.3) is 0 Å². The number of rotatable bonds is 8. The fourth-order valence-corrected chi connectivity index (χ4v) is 1.75. The van der Waals surface area contributed by atoms with Gasteiger partial charge in [-0.2, -0.15) is 0 Å². The standard InChI is InChI=1S/C15H23N3O3.ClH/c1-18(11-14(19)17-8-3-9-21-2)15(20)10-12-4-6-13(16)7-5-12;/h4-7H,3,8-11,16H2,1-2H3,(H,17,19);1H. The van der Waals surface area contributed by atoms with Crippen molar-refractivity contribution in [2.75, 3.05) is 39.6 Å². The molecule has 1 rings (SSSR count). The summed E-state index contributed by atoms with van der Waals surface area (Å²) in [7, 11) is 3.24. The van der Waals surface area contributed by atoms with Crippen molar-refractivity contribution in [3.05, 3.63) is 29.8 Å². The molecular formula is C15H24ClN3O3. The molecule has 0 unspecified atom stereocenters. The van der Waals surface area contributed by atoms with Crippen LogP contribution in [0.5, 0.6) is 0 Å². The van der Waals surface area contributed by atoms with Crippen molar-refractivity contribution < 1.29 is 14.3 Å². The number of carbonyl (C=O) groups is 2. The Hall–Kier alpha value is -1.79. The summed E-state index contributed by atoms with van der Waals surface area (Å²) in [5.41, 5.74) is 7.13. The zero-order valence-corrected chi connectivity index (χ0v) is 13.8. The smallest absolute Gasteiger partial charge is 0.239 e. The third-order valence-corrected chi connectivity index (χ3v) is 2.99. The fourth-order valence-electron chi connectivity index (χ4n) is 1.75. The highest BCUT2D eigenvalue weighted by atomic mass is 35.5. The lowest BCUT2D eigenvalue weighted by Gasteiger charge is -2.17. The van der Waals surface area contributed by atoms with Gasteiger partial charge in [0.25, 0.3) is 0 Å². The number of nitrogens with two attached hydrogens (primary N) is 1. The summed E-state index contributed by atoms with van der Waals surface area (Å²) in [5, 5.41) is 2.75. The topological polar surface area (TPSA) is 84.7 Å². The SMILES string of the molecule is COCCCNC(=O)CN(C)C(=O)Cc1ccc(N)cc1.Cl. The van der Waals surface area contributed by atoms with Crippen LogP contribution in [0.15, 0.2) is 24.3 Å². The minimum Gasteiger partial charge on any atom is -0.399 e. The van der Waals surface area contributed by atoms with Crippen LogP contribution in [0.2, 0.25) is 0 Å². The number of nitrogen functional groups attached to an aromatic ring is 1. The molecule has 1 aromatic rings. The lowest BCUT2D eigenvalue weighted by Crippen LogP contribution is -2.39. The molecule has 7 heteroatoms. The Morgan fingerprint density at radius 1 is 1.27 bits per heavy atom. The Balaban J connectivity index is 0.00000441. The number of hydrogen-bond donors (Lipinski definition) is 2. The van der Waals surface area contributed by atoms with Crippen molar-refractivity contribution in [3.8, 4) is 0 Å². The summed E-state index contributed by atoms with van der Waals surface area (Å²) in [6.45, 7) is 1.21. The number of nitrogens with zero attached hydrogens (tertiary/aromatic N) is 1. The number of ether oxygens (including phenoxy) is 1. The molecule has 3 N–H and O–H groups in total. The molecular weight excluding hydrogens is 306 g/mol. The van der Waals surface area contributed by atoms with E-state index in [4.69, 9.17) is 10.5 Å². The Kier molecular flexibility index (Phi) is 9.98. The van der Waals surface area contributed by atoms with E-state index in [9.17, 15) is 9.59 Å². The van der Waals surface area contributed by atoms with Crippen LogP contribution in [-0.4, -0.2) is 50.6 Å². The van der Waals surface area contributed by atoms with E-state index in [0.717, 1.165) is 12.0 Å². The second-order valence-electron chi connectivity index (χ2n) is 4.86. The van der Waals surface area contributed by atoms with Gasteiger partial charge in [0, 0.05) is 33.0 Å². The van der Waals surface area contributed by atoms with Gasteiger partial charge in [-0.1, -0.05) is 12.1 Å². The molecule has 0 spiro atoms. The number of hydrogen-bond acceptors (Lipinski definition) is 4. The first-order chi connectivity index (χ1) is 10.0. The lowest BCUT2D eigenvalue weighted by molar-refractivity contribution is -0.134. The van der Waals surface area contributed by atoms with E-state index in [0.29, 0.717) is 18.8 Å². The van der Waals surface area contributed by atoms with Gasteiger partial charge in [-0.05, 0) is 24.1 Å². The maximum Gasteiger partial charge on any atom is 0.239 e. The van der Waals surface area contributed by atoms with Crippen LogP contribution >= 0.6 is 12.4 Å². The van der Waals surface area contributed by atoms with E-state index in [1.54, 1.807) is 26.3 Å². The second kappa shape index (κ2) is 10.9. The van der Waals surface area contributed by atoms with Crippen molar-refractivity contribution >= 4 is 29.9 Å². The Bertz CT molecular complexity index is 466. The van der Waals surface area contributed by atoms with Crippen LogP contribution in [0.1, 0.15) is 12.0 Å². The Labute approximate surface area is 137 Å². The third kappa shape index (κ3) is 7.85. The maximum atomic E-state index is 12.0. The summed E-state index contributed by atoms with van der Waals surface area (Å²) in [6.07, 6.45) is 1.01. The molecule has 124 valence electrons. The fraction of sp³-hybridized carbons (Fsp3) is 0.467. The van der Waals surface area contributed by atoms with E-state index >= 15 is 0 Å². The molecule has 0 aliphatic heterocycles. The molecule has 0 radical (unpaired) electrons. The van der Waals surface area contributed by atoms with Gasteiger partial charge in [-0.3, -0.25) is 9.59 Å². The number of likely N-dealkylation sites (N-methyl/N-ethyl adjacent to an activating group) is 1. The van der Waals surface area contributed by atoms with Crippen molar-refractivity contribution in [2.45, 2.75) is 12.8 Å². The molecule has 6 nitrogen and oxygen atoms in total. The monoisotopic (exact) mass is 329 g/mol. The van der Waals surface area contributed by atoms with Gasteiger partial charge < -0.3 is 20.7 Å². The predicted molar refractivity (Wildman–Crippen MR) is 88.9 cm³/mol. The first-order valence-corrected chi connectivity index (χ1v) is 6.87. The average Bonchev–Trinajstić information content (AvgIpc) is 2.46. The zero-order valence-electron chi connectivity index (χ0n) is 13.0. The number of carbonyl (C=O) groups excluding carboxylic acids is 2. The zero-order chi connectivity index (χ0) is 15.7. The van der Waals surface area contributed by atoms with Crippen molar-refractivity contribution in [2.24, 2.45) is 0 Å². The normalized spacial score (nSPS) is 9.73. The van der Waals surface area contributed by atoms with E-state index in [1.165, 1.54) is 4.90 Å². The number of halogens is 1. The van der Waals surface area contributed by atoms with E-state index in [-0.39, 0.29) is 37.2 Å². The number of methoxy groups -OCH3 is 1. The van der Waals surface area contributed by atoms with Gasteiger partial charge in [-0.25, -0.2) is 0 Å². The highest BCUT2D eigenvalue weighted by molar-refractivity contribution is 5.86. The van der Waals surface area contributed by atoms with Crippen LogP contribution in [0, 0.1) is 0 Å². The average molecular weight is 330 g/mol. The van der Waals surface area contributed by atoms with Crippen molar-refractivity contribution in [3.63, 3.8) is 0 Å². The molecule has 0 heterocycles. The van der Waals surface area contributed by atoms with Gasteiger partial charge in [0.2, 0.25) is 11.8 Å². The Morgan fingerprint density at radius 3 is 2.50 bits per heavy atom. The van der Waals surface area contributed by atoms with Gasteiger partial charge in [-0.15, -0.1) is 12.4 Å². The maximum absolute atomic E-state index is 12.0. The summed E-state index contributed by atoms with van der Waals surface area (Å²) in [4.78, 5) is 25.1. The van der Waals surface area contributed by atoms with E-state index < -0.39 is 0 Å². The first-order valence-electron chi connectivity index (χ1n) is 6.87. The van der Waals surface area contributed by atoms with Gasteiger partial charge in [0.15, 0.2) is 0 Å². The quantitative estimate of drug-likeness (QED) is 0.547. The summed E-state index contributed by atoms with van der Waals surface area (Å²) in [5.74, 6) is -0.272. The van der Waals surface area contributed by atoms with E-state index in [1.807, 2.05) is 12.1 Å². The van der Waals surface area contributed by atoms with Crippen LogP contribution in [0.4, 0.5) is 5.69 Å². The van der Waals surface area contributed by atoms with E-state index in [2.05, 4.69) is 5.32 Å². The second-order valence-corrected chi connectivity index (χ2v) is 4.86. The number of benzene rings is 1. The molecule has 0 saturated heterocycles. The number of amides is 2. The predicted octanol–water partition coefficient (Wildman–Crippen LogP) is 0.844. The lowest BCUT2D eigenvalue weighted by atomic mass is 10.1. The highest BCUT2D eigenvalue weighted by Gasteiger charge is 2.13. The van der Waals surface area contributed by atoms with Crippen LogP contribution in [0.3, 0.4) is 0 Å². The number of nitrogens with one attached hydrogen (secondary N) is 1. The van der Waals surface area contributed by atoms with Gasteiger partial charge >= 0.3 is 0 Å². The van der Waals surface area contributed by atoms with Crippen LogP contribution < -0.4 is 11.1 Å². The molecule has 0 aliphatic rings. The molecule has 0 aliphatic carbocycles. The molecule has 0 saturated carbocycles. The third-order valence-electron chi connectivity index (χ3n) is 2.99. The van der Waals surface area contributed by atoms with Crippen molar-refractivity contribution in [1.29, 1.82) is 0 Å². The van der Waals surface area contributed by atoms with Gasteiger partial charge in [0.05, 0.1) is 13.0 Å². The molecule has 1 aromatic carbocycles. The highest BCUT2D eigenvalue weighted by Crippen LogP contribution is 2.07. The summed E-state index contributed by atoms with van der Waals surface area (Å²) >= 11 is 0. The van der Waals surface area contributed by atoms with Crippen LogP contribution in [-0.2, 0) is 20.7 Å². The molecule has 0 fully saturated rings.